The molecule has 0 heterocycles. The molecule has 1 saturated carbocycles. The Balaban J connectivity index is 1.70. The van der Waals surface area contributed by atoms with Gasteiger partial charge in [0.1, 0.15) is 5.41 Å². The van der Waals surface area contributed by atoms with Crippen LogP contribution in [0.25, 0.3) is 0 Å². The molecule has 1 aliphatic carbocycles. The van der Waals surface area contributed by atoms with Crippen LogP contribution in [0.2, 0.25) is 0 Å². The van der Waals surface area contributed by atoms with E-state index in [1.165, 1.54) is 0 Å². The van der Waals surface area contributed by atoms with E-state index in [2.05, 4.69) is 5.32 Å². The third kappa shape index (κ3) is 3.38. The Morgan fingerprint density at radius 2 is 1.79 bits per heavy atom. The molecule has 3 rings (SSSR count). The van der Waals surface area contributed by atoms with Crippen LogP contribution in [0.15, 0.2) is 59.5 Å². The Morgan fingerprint density at radius 1 is 1.08 bits per heavy atom. The van der Waals surface area contributed by atoms with Crippen LogP contribution < -0.4 is 5.32 Å². The van der Waals surface area contributed by atoms with Crippen LogP contribution >= 0.6 is 0 Å². The highest BCUT2D eigenvalue weighted by atomic mass is 32.2. The molecule has 24 heavy (non-hydrogen) atoms. The molecule has 1 fully saturated rings. The average molecular weight is 343 g/mol. The number of rotatable bonds is 6. The van der Waals surface area contributed by atoms with Crippen molar-refractivity contribution < 1.29 is 18.9 Å². The zero-order valence-electron chi connectivity index (χ0n) is 12.9. The van der Waals surface area contributed by atoms with Gasteiger partial charge in [-0.25, -0.2) is 0 Å². The monoisotopic (exact) mass is 343 g/mol. The fourth-order valence-electron chi connectivity index (χ4n) is 2.46. The molecule has 1 aliphatic rings. The van der Waals surface area contributed by atoms with Gasteiger partial charge in [-0.3, -0.25) is 13.8 Å². The molecule has 2 aromatic carbocycles. The highest BCUT2D eigenvalue weighted by molar-refractivity contribution is 7.84. The zero-order chi connectivity index (χ0) is 17.2. The number of nitrogens with one attached hydrogen (secondary N) is 1. The molecule has 0 aliphatic heterocycles. The minimum atomic E-state index is -1.27. The van der Waals surface area contributed by atoms with Crippen LogP contribution in [0, 0.1) is 5.41 Å². The molecule has 124 valence electrons. The van der Waals surface area contributed by atoms with Crippen molar-refractivity contribution in [2.75, 3.05) is 5.32 Å². The zero-order valence-corrected chi connectivity index (χ0v) is 13.7. The molecule has 1 unspecified atom stereocenters. The van der Waals surface area contributed by atoms with Crippen LogP contribution in [0.3, 0.4) is 0 Å². The van der Waals surface area contributed by atoms with Crippen molar-refractivity contribution in [1.29, 1.82) is 0 Å². The second-order valence-electron chi connectivity index (χ2n) is 5.84. The van der Waals surface area contributed by atoms with Gasteiger partial charge in [0, 0.05) is 10.6 Å². The molecular formula is C18H17NO4S. The van der Waals surface area contributed by atoms with E-state index >= 15 is 0 Å². The van der Waals surface area contributed by atoms with Crippen molar-refractivity contribution in [2.45, 2.75) is 23.5 Å². The van der Waals surface area contributed by atoms with Crippen molar-refractivity contribution in [2.24, 2.45) is 5.41 Å². The SMILES string of the molecule is O=C(O)C1(C(=O)Nc2cccc(CS(=O)c3ccccc3)c2)CC1. The highest BCUT2D eigenvalue weighted by Gasteiger charge is 2.57. The van der Waals surface area contributed by atoms with Crippen molar-refractivity contribution in [1.82, 2.24) is 0 Å². The number of aliphatic carboxylic acids is 1. The van der Waals surface area contributed by atoms with Gasteiger partial charge in [0.2, 0.25) is 5.91 Å². The molecule has 0 aromatic heterocycles. The number of carbonyl (C=O) groups is 2. The molecule has 2 N–H and O–H groups in total. The summed E-state index contributed by atoms with van der Waals surface area (Å²) in [4.78, 5) is 24.1. The summed E-state index contributed by atoms with van der Waals surface area (Å²) in [5.74, 6) is -1.24. The Labute approximate surface area is 142 Å². The maximum atomic E-state index is 12.4. The second-order valence-corrected chi connectivity index (χ2v) is 7.30. The number of anilines is 1. The van der Waals surface area contributed by atoms with E-state index in [9.17, 15) is 13.8 Å². The lowest BCUT2D eigenvalue weighted by atomic mass is 10.1. The minimum Gasteiger partial charge on any atom is -0.480 e. The van der Waals surface area contributed by atoms with E-state index < -0.39 is 28.1 Å². The van der Waals surface area contributed by atoms with E-state index in [1.807, 2.05) is 36.4 Å². The van der Waals surface area contributed by atoms with Gasteiger partial charge in [0.15, 0.2) is 0 Å². The molecule has 6 heteroatoms. The maximum absolute atomic E-state index is 12.4. The lowest BCUT2D eigenvalue weighted by Crippen LogP contribution is -2.31. The number of hydrogen-bond donors (Lipinski definition) is 2. The van der Waals surface area contributed by atoms with E-state index in [4.69, 9.17) is 5.11 Å². The molecular weight excluding hydrogens is 326 g/mol. The summed E-state index contributed by atoms with van der Waals surface area (Å²) in [6, 6.07) is 16.2. The largest absolute Gasteiger partial charge is 0.480 e. The number of hydrogen-bond acceptors (Lipinski definition) is 3. The molecule has 0 radical (unpaired) electrons. The number of carboxylic acids is 1. The Hall–Kier alpha value is -2.47. The quantitative estimate of drug-likeness (QED) is 0.790. The van der Waals surface area contributed by atoms with Crippen molar-refractivity contribution in [3.63, 3.8) is 0 Å². The second kappa shape index (κ2) is 6.57. The van der Waals surface area contributed by atoms with Crippen molar-refractivity contribution in [3.05, 3.63) is 60.2 Å². The van der Waals surface area contributed by atoms with Gasteiger partial charge in [0.25, 0.3) is 0 Å². The highest BCUT2D eigenvalue weighted by Crippen LogP contribution is 2.46. The third-order valence-electron chi connectivity index (χ3n) is 4.08. The fraction of sp³-hybridized carbons (Fsp3) is 0.222. The number of carbonyl (C=O) groups excluding carboxylic acids is 1. The summed E-state index contributed by atoms with van der Waals surface area (Å²) < 4.78 is 12.4. The number of carboxylic acid groups (broad SMARTS) is 1. The lowest BCUT2D eigenvalue weighted by molar-refractivity contribution is -0.147. The smallest absolute Gasteiger partial charge is 0.319 e. The Bertz CT molecular complexity index is 800. The molecule has 1 atom stereocenters. The first kappa shape index (κ1) is 16.4. The number of benzene rings is 2. The van der Waals surface area contributed by atoms with Gasteiger partial charge in [-0.05, 0) is 42.7 Å². The standard InChI is InChI=1S/C18H17NO4S/c20-16(18(9-10-18)17(21)22)19-14-6-4-5-13(11-14)12-24(23)15-7-2-1-3-8-15/h1-8,11H,9-10,12H2,(H,19,20)(H,21,22). The van der Waals surface area contributed by atoms with Crippen LogP contribution in [-0.4, -0.2) is 21.2 Å². The van der Waals surface area contributed by atoms with E-state index in [0.29, 0.717) is 24.3 Å². The summed E-state index contributed by atoms with van der Waals surface area (Å²) in [5.41, 5.74) is 0.0633. The predicted molar refractivity (Wildman–Crippen MR) is 90.9 cm³/mol. The van der Waals surface area contributed by atoms with Gasteiger partial charge in [-0.2, -0.15) is 0 Å². The molecule has 0 saturated heterocycles. The normalized spacial score (nSPS) is 16.2. The molecule has 2 aromatic rings. The first-order valence-electron chi connectivity index (χ1n) is 7.58. The molecule has 1 amide bonds. The summed E-state index contributed by atoms with van der Waals surface area (Å²) in [7, 11) is -1.17. The first-order chi connectivity index (χ1) is 11.5. The lowest BCUT2D eigenvalue weighted by Gasteiger charge is -2.11. The fourth-order valence-corrected chi connectivity index (χ4v) is 3.57. The van der Waals surface area contributed by atoms with Crippen molar-refractivity contribution in [3.8, 4) is 0 Å². The molecule has 5 nitrogen and oxygen atoms in total. The van der Waals surface area contributed by atoms with Gasteiger partial charge < -0.3 is 10.4 Å². The van der Waals surface area contributed by atoms with Crippen LogP contribution in [0.4, 0.5) is 5.69 Å². The Morgan fingerprint density at radius 3 is 2.42 bits per heavy atom. The van der Waals surface area contributed by atoms with Crippen LogP contribution in [0.1, 0.15) is 18.4 Å². The minimum absolute atomic E-state index is 0.331. The van der Waals surface area contributed by atoms with Gasteiger partial charge in [0.05, 0.1) is 16.6 Å². The van der Waals surface area contributed by atoms with Crippen molar-refractivity contribution >= 4 is 28.4 Å². The molecule has 0 spiro atoms. The topological polar surface area (TPSA) is 83.5 Å². The van der Waals surface area contributed by atoms with E-state index in [-0.39, 0.29) is 0 Å². The average Bonchev–Trinajstić information content (AvgIpc) is 3.38. The van der Waals surface area contributed by atoms with Gasteiger partial charge in [-0.1, -0.05) is 30.3 Å². The first-order valence-corrected chi connectivity index (χ1v) is 8.90. The third-order valence-corrected chi connectivity index (χ3v) is 5.48. The van der Waals surface area contributed by atoms with E-state index in [0.717, 1.165) is 10.5 Å². The van der Waals surface area contributed by atoms with Gasteiger partial charge in [-0.15, -0.1) is 0 Å². The summed E-state index contributed by atoms with van der Waals surface area (Å²) in [5, 5.41) is 11.8. The maximum Gasteiger partial charge on any atom is 0.319 e. The predicted octanol–water partition coefficient (Wildman–Crippen LogP) is 2.80. The van der Waals surface area contributed by atoms with Gasteiger partial charge >= 0.3 is 5.97 Å². The molecule has 0 bridgehead atoms. The van der Waals surface area contributed by atoms with Crippen LogP contribution in [0.5, 0.6) is 0 Å². The Kier molecular flexibility index (Phi) is 4.49. The summed E-state index contributed by atoms with van der Waals surface area (Å²) in [6.07, 6.45) is 0.734. The van der Waals surface area contributed by atoms with Crippen LogP contribution in [-0.2, 0) is 26.1 Å². The summed E-state index contributed by atoms with van der Waals surface area (Å²) in [6.45, 7) is 0. The summed E-state index contributed by atoms with van der Waals surface area (Å²) >= 11 is 0. The number of amides is 1. The van der Waals surface area contributed by atoms with E-state index in [1.54, 1.807) is 18.2 Å².